The van der Waals surface area contributed by atoms with Gasteiger partial charge < -0.3 is 5.32 Å². The molecule has 0 aliphatic heterocycles. The van der Waals surface area contributed by atoms with Crippen molar-refractivity contribution in [2.45, 2.75) is 18.8 Å². The van der Waals surface area contributed by atoms with Crippen LogP contribution in [0.25, 0.3) is 12.2 Å². The van der Waals surface area contributed by atoms with Gasteiger partial charge in [0.05, 0.1) is 0 Å². The lowest BCUT2D eigenvalue weighted by Crippen LogP contribution is -2.11. The fourth-order valence-corrected chi connectivity index (χ4v) is 4.17. The van der Waals surface area contributed by atoms with Crippen LogP contribution in [0, 0.1) is 7.14 Å². The summed E-state index contributed by atoms with van der Waals surface area (Å²) in [4.78, 5) is 0. The summed E-state index contributed by atoms with van der Waals surface area (Å²) in [5.41, 5.74) is 5.67. The topological polar surface area (TPSA) is 12.0 Å². The minimum atomic E-state index is 0. The normalized spacial score (nSPS) is 13.0. The molecule has 0 atom stereocenters. The number of benzene rings is 2. The number of nitrogens with one attached hydrogen (secondary N) is 1. The molecule has 0 radical (unpaired) electrons. The Morgan fingerprint density at radius 3 is 1.91 bits per heavy atom. The molecule has 0 fully saturated rings. The average Bonchev–Trinajstić information content (AvgIpc) is 2.65. The van der Waals surface area contributed by atoms with Gasteiger partial charge in [-0.1, -0.05) is 24.3 Å². The van der Waals surface area contributed by atoms with Gasteiger partial charge in [0.1, 0.15) is 0 Å². The first-order valence-electron chi connectivity index (χ1n) is 7.60. The molecule has 0 saturated carbocycles. The lowest BCUT2D eigenvalue weighted by molar-refractivity contribution is 0.628. The predicted octanol–water partition coefficient (Wildman–Crippen LogP) is 5.93. The minimum Gasteiger partial charge on any atom is -0.320 e. The molecule has 0 heterocycles. The zero-order chi connectivity index (χ0) is 15.5. The van der Waals surface area contributed by atoms with Crippen molar-refractivity contribution in [1.29, 1.82) is 0 Å². The summed E-state index contributed by atoms with van der Waals surface area (Å²) in [7, 11) is 2.03. The molecule has 0 bridgehead atoms. The maximum absolute atomic E-state index is 3.28. The third-order valence-corrected chi connectivity index (χ3v) is 5.55. The molecule has 0 unspecified atom stereocenters. The van der Waals surface area contributed by atoms with Crippen LogP contribution in [0.1, 0.15) is 41.0 Å². The van der Waals surface area contributed by atoms with Crippen molar-refractivity contribution in [3.05, 3.63) is 65.8 Å². The molecule has 0 spiro atoms. The SMILES string of the molecule is CNCCCC1c2cc(I)ccc2C=Cc2ccc(I)cc21.Cl. The van der Waals surface area contributed by atoms with E-state index in [0.717, 1.165) is 6.54 Å². The van der Waals surface area contributed by atoms with E-state index in [2.05, 4.69) is 99.0 Å². The summed E-state index contributed by atoms with van der Waals surface area (Å²) >= 11 is 4.84. The van der Waals surface area contributed by atoms with E-state index in [4.69, 9.17) is 0 Å². The zero-order valence-electron chi connectivity index (χ0n) is 13.0. The van der Waals surface area contributed by atoms with Crippen LogP contribution in [0.3, 0.4) is 0 Å². The van der Waals surface area contributed by atoms with E-state index in [1.54, 1.807) is 0 Å². The summed E-state index contributed by atoms with van der Waals surface area (Å²) in [6, 6.07) is 13.6. The standard InChI is InChI=1S/C19H19I2N.ClH/c1-22-10-2-3-17-18-11-15(20)8-6-13(18)4-5-14-7-9-16(21)12-19(14)17;/h4-9,11-12,17,22H,2-3,10H2,1H3;1H. The Balaban J connectivity index is 0.00000192. The number of hydrogen-bond acceptors (Lipinski definition) is 1. The van der Waals surface area contributed by atoms with Crippen molar-refractivity contribution >= 4 is 69.7 Å². The fourth-order valence-electron chi connectivity index (χ4n) is 3.14. The van der Waals surface area contributed by atoms with Crippen molar-refractivity contribution in [1.82, 2.24) is 5.32 Å². The summed E-state index contributed by atoms with van der Waals surface area (Å²) in [6.07, 6.45) is 6.92. The van der Waals surface area contributed by atoms with Gasteiger partial charge in [0, 0.05) is 13.1 Å². The molecule has 1 N–H and O–H groups in total. The maximum atomic E-state index is 3.28. The van der Waals surface area contributed by atoms with Crippen LogP contribution >= 0.6 is 57.6 Å². The quantitative estimate of drug-likeness (QED) is 0.367. The highest BCUT2D eigenvalue weighted by atomic mass is 127. The van der Waals surface area contributed by atoms with Crippen molar-refractivity contribution in [2.75, 3.05) is 13.6 Å². The second kappa shape index (κ2) is 8.83. The first kappa shape index (κ1) is 19.2. The van der Waals surface area contributed by atoms with Crippen molar-refractivity contribution in [3.63, 3.8) is 0 Å². The van der Waals surface area contributed by atoms with Gasteiger partial charge >= 0.3 is 0 Å². The largest absolute Gasteiger partial charge is 0.320 e. The van der Waals surface area contributed by atoms with Gasteiger partial charge in [-0.25, -0.2) is 0 Å². The van der Waals surface area contributed by atoms with Crippen LogP contribution in [0.2, 0.25) is 0 Å². The highest BCUT2D eigenvalue weighted by molar-refractivity contribution is 14.1. The fraction of sp³-hybridized carbons (Fsp3) is 0.263. The molecule has 0 amide bonds. The molecule has 2 aromatic carbocycles. The van der Waals surface area contributed by atoms with E-state index in [1.165, 1.54) is 42.2 Å². The molecule has 23 heavy (non-hydrogen) atoms. The van der Waals surface area contributed by atoms with E-state index < -0.39 is 0 Å². The lowest BCUT2D eigenvalue weighted by atomic mass is 9.84. The monoisotopic (exact) mass is 551 g/mol. The second-order valence-electron chi connectivity index (χ2n) is 5.68. The van der Waals surface area contributed by atoms with Crippen molar-refractivity contribution in [2.24, 2.45) is 0 Å². The molecular formula is C19H20ClI2N. The summed E-state index contributed by atoms with van der Waals surface area (Å²) in [6.45, 7) is 1.07. The molecule has 4 heteroatoms. The number of halogens is 3. The van der Waals surface area contributed by atoms with Gasteiger partial charge in [-0.15, -0.1) is 12.4 Å². The van der Waals surface area contributed by atoms with Crippen molar-refractivity contribution in [3.8, 4) is 0 Å². The first-order valence-corrected chi connectivity index (χ1v) is 9.76. The van der Waals surface area contributed by atoms with Crippen molar-refractivity contribution < 1.29 is 0 Å². The van der Waals surface area contributed by atoms with E-state index in [9.17, 15) is 0 Å². The second-order valence-corrected chi connectivity index (χ2v) is 8.17. The third-order valence-electron chi connectivity index (χ3n) is 4.21. The van der Waals surface area contributed by atoms with E-state index in [-0.39, 0.29) is 12.4 Å². The number of hydrogen-bond donors (Lipinski definition) is 1. The predicted molar refractivity (Wildman–Crippen MR) is 119 cm³/mol. The number of fused-ring (bicyclic) bond motifs is 2. The Kier molecular flexibility index (Phi) is 7.38. The van der Waals surface area contributed by atoms with E-state index in [1.807, 2.05) is 7.05 Å². The Labute approximate surface area is 172 Å². The van der Waals surface area contributed by atoms with Gasteiger partial charge in [0.25, 0.3) is 0 Å². The summed E-state index contributed by atoms with van der Waals surface area (Å²) < 4.78 is 2.63. The van der Waals surface area contributed by atoms with Crippen LogP contribution in [0.5, 0.6) is 0 Å². The van der Waals surface area contributed by atoms with E-state index in [0.29, 0.717) is 5.92 Å². The Bertz CT molecular complexity index is 657. The van der Waals surface area contributed by atoms with Gasteiger partial charge in [0.2, 0.25) is 0 Å². The Morgan fingerprint density at radius 1 is 0.913 bits per heavy atom. The molecule has 122 valence electrons. The van der Waals surface area contributed by atoms with Gasteiger partial charge in [0.15, 0.2) is 0 Å². The molecule has 1 nitrogen and oxygen atoms in total. The molecule has 1 aliphatic rings. The van der Waals surface area contributed by atoms with Crippen LogP contribution in [0.15, 0.2) is 36.4 Å². The molecule has 0 aromatic heterocycles. The highest BCUT2D eigenvalue weighted by Gasteiger charge is 2.21. The summed E-state index contributed by atoms with van der Waals surface area (Å²) in [5.74, 6) is 0.484. The molecule has 3 rings (SSSR count). The average molecular weight is 552 g/mol. The third kappa shape index (κ3) is 4.50. The van der Waals surface area contributed by atoms with E-state index >= 15 is 0 Å². The van der Waals surface area contributed by atoms with Crippen LogP contribution < -0.4 is 5.32 Å². The summed E-state index contributed by atoms with van der Waals surface area (Å²) in [5, 5.41) is 3.28. The smallest absolute Gasteiger partial charge is 0.0133 e. The minimum absolute atomic E-state index is 0. The van der Waals surface area contributed by atoms with Gasteiger partial charge in [-0.3, -0.25) is 0 Å². The molecule has 0 saturated heterocycles. The Morgan fingerprint density at radius 2 is 1.43 bits per heavy atom. The van der Waals surface area contributed by atoms with Gasteiger partial charge in [-0.2, -0.15) is 0 Å². The zero-order valence-corrected chi connectivity index (χ0v) is 18.1. The molecule has 2 aromatic rings. The van der Waals surface area contributed by atoms with Gasteiger partial charge in [-0.05, 0) is 118 Å². The lowest BCUT2D eigenvalue weighted by Gasteiger charge is -2.21. The molecular weight excluding hydrogens is 531 g/mol. The maximum Gasteiger partial charge on any atom is 0.0133 e. The first-order chi connectivity index (χ1) is 10.7. The van der Waals surface area contributed by atoms with Crippen LogP contribution in [-0.2, 0) is 0 Å². The van der Waals surface area contributed by atoms with Crippen LogP contribution in [-0.4, -0.2) is 13.6 Å². The Hall–Kier alpha value is -0.110. The molecule has 1 aliphatic carbocycles. The highest BCUT2D eigenvalue weighted by Crippen LogP contribution is 2.38. The number of rotatable bonds is 4. The van der Waals surface area contributed by atoms with Crippen LogP contribution in [0.4, 0.5) is 0 Å².